The maximum absolute atomic E-state index is 12.5. The van der Waals surface area contributed by atoms with Crippen LogP contribution in [0.1, 0.15) is 67.7 Å². The van der Waals surface area contributed by atoms with Gasteiger partial charge in [0, 0.05) is 30.6 Å². The summed E-state index contributed by atoms with van der Waals surface area (Å²) in [6.07, 6.45) is 11.0. The first-order chi connectivity index (χ1) is 15.6. The zero-order chi connectivity index (χ0) is 22.1. The molecule has 1 atom stereocenters. The average Bonchev–Trinajstić information content (AvgIpc) is 3.53. The first-order valence-corrected chi connectivity index (χ1v) is 13.0. The normalized spacial score (nSPS) is 25.6. The predicted molar refractivity (Wildman–Crippen MR) is 125 cm³/mol. The Labute approximate surface area is 193 Å². The molecule has 2 fully saturated rings. The third-order valence-corrected chi connectivity index (χ3v) is 8.74. The van der Waals surface area contributed by atoms with Crippen LogP contribution in [0.25, 0.3) is 10.2 Å². The van der Waals surface area contributed by atoms with E-state index in [0.29, 0.717) is 18.5 Å². The van der Waals surface area contributed by atoms with Gasteiger partial charge in [0.25, 0.3) is 0 Å². The van der Waals surface area contributed by atoms with E-state index in [1.165, 1.54) is 10.4 Å². The van der Waals surface area contributed by atoms with Crippen LogP contribution in [-0.4, -0.2) is 76.2 Å². The zero-order valence-corrected chi connectivity index (χ0v) is 19.8. The van der Waals surface area contributed by atoms with Gasteiger partial charge in [0.05, 0.1) is 11.9 Å². The minimum Gasteiger partial charge on any atom is -0.474 e. The van der Waals surface area contributed by atoms with E-state index in [-0.39, 0.29) is 18.6 Å². The number of likely N-dealkylation sites (tertiary alicyclic amines) is 1. The Hall–Kier alpha value is -1.77. The number of aryl methyl sites for hydroxylation is 1. The Morgan fingerprint density at radius 2 is 2.00 bits per heavy atom. The minimum absolute atomic E-state index is 0.153. The second-order valence-corrected chi connectivity index (χ2v) is 10.7. The van der Waals surface area contributed by atoms with Gasteiger partial charge in [0.1, 0.15) is 17.3 Å². The highest BCUT2D eigenvalue weighted by Gasteiger charge is 2.32. The zero-order valence-electron chi connectivity index (χ0n) is 19.0. The second kappa shape index (κ2) is 9.61. The van der Waals surface area contributed by atoms with Crippen molar-refractivity contribution in [2.24, 2.45) is 0 Å². The molecule has 1 N–H and O–H groups in total. The molecule has 5 rings (SSSR count). The van der Waals surface area contributed by atoms with Crippen LogP contribution in [0.5, 0.6) is 5.88 Å². The van der Waals surface area contributed by atoms with Crippen molar-refractivity contribution in [2.45, 2.75) is 75.9 Å². The van der Waals surface area contributed by atoms with Crippen LogP contribution >= 0.6 is 11.3 Å². The van der Waals surface area contributed by atoms with E-state index >= 15 is 0 Å². The molecule has 2 aromatic rings. The van der Waals surface area contributed by atoms with Gasteiger partial charge in [-0.15, -0.1) is 11.3 Å². The Morgan fingerprint density at radius 1 is 1.22 bits per heavy atom. The minimum atomic E-state index is 0.153. The maximum Gasteiger partial charge on any atom is 0.236 e. The number of nitrogens with zero attached hydrogens (tertiary/aromatic N) is 4. The SMILES string of the molecule is CN(CC(=O)N1CCCC1)C1CCC(Oc2ncnc3sc4c(c23)C(CCO)CC4)CC1. The van der Waals surface area contributed by atoms with Gasteiger partial charge in [-0.2, -0.15) is 0 Å². The molecule has 1 saturated heterocycles. The third-order valence-electron chi connectivity index (χ3n) is 7.56. The van der Waals surface area contributed by atoms with Gasteiger partial charge in [0.15, 0.2) is 0 Å². The second-order valence-electron chi connectivity index (χ2n) is 9.60. The predicted octanol–water partition coefficient (Wildman–Crippen LogP) is 3.35. The summed E-state index contributed by atoms with van der Waals surface area (Å²) in [5.74, 6) is 1.38. The lowest BCUT2D eigenvalue weighted by molar-refractivity contribution is -0.131. The van der Waals surface area contributed by atoms with E-state index < -0.39 is 0 Å². The van der Waals surface area contributed by atoms with Crippen LogP contribution in [-0.2, 0) is 11.2 Å². The molecule has 2 aliphatic carbocycles. The van der Waals surface area contributed by atoms with Crippen molar-refractivity contribution in [3.05, 3.63) is 16.8 Å². The van der Waals surface area contributed by atoms with Gasteiger partial charge in [0.2, 0.25) is 11.8 Å². The summed E-state index contributed by atoms with van der Waals surface area (Å²) < 4.78 is 6.47. The number of ether oxygens (including phenoxy) is 1. The number of aromatic nitrogens is 2. The van der Waals surface area contributed by atoms with Gasteiger partial charge in [-0.1, -0.05) is 0 Å². The highest BCUT2D eigenvalue weighted by Crippen LogP contribution is 2.47. The lowest BCUT2D eigenvalue weighted by Gasteiger charge is -2.35. The van der Waals surface area contributed by atoms with E-state index in [9.17, 15) is 9.90 Å². The summed E-state index contributed by atoms with van der Waals surface area (Å²) >= 11 is 1.76. The van der Waals surface area contributed by atoms with Gasteiger partial charge < -0.3 is 14.7 Å². The van der Waals surface area contributed by atoms with Crippen molar-refractivity contribution >= 4 is 27.5 Å². The van der Waals surface area contributed by atoms with Crippen molar-refractivity contribution in [3.8, 4) is 5.88 Å². The summed E-state index contributed by atoms with van der Waals surface area (Å²) in [4.78, 5) is 28.2. The van der Waals surface area contributed by atoms with Gasteiger partial charge >= 0.3 is 0 Å². The Balaban J connectivity index is 1.21. The van der Waals surface area contributed by atoms with E-state index in [1.807, 2.05) is 4.90 Å². The molecule has 7 nitrogen and oxygen atoms in total. The quantitative estimate of drug-likeness (QED) is 0.686. The van der Waals surface area contributed by atoms with Gasteiger partial charge in [-0.25, -0.2) is 9.97 Å². The Kier molecular flexibility index (Phi) is 6.62. The summed E-state index contributed by atoms with van der Waals surface area (Å²) in [5, 5.41) is 10.6. The fraction of sp³-hybridized carbons (Fsp3) is 0.708. The number of carbonyl (C=O) groups is 1. The molecule has 0 radical (unpaired) electrons. The monoisotopic (exact) mass is 458 g/mol. The lowest BCUT2D eigenvalue weighted by atomic mass is 9.92. The Bertz CT molecular complexity index is 950. The molecule has 1 unspecified atom stereocenters. The topological polar surface area (TPSA) is 78.8 Å². The van der Waals surface area contributed by atoms with E-state index in [2.05, 4.69) is 21.9 Å². The molecular formula is C24H34N4O3S. The summed E-state index contributed by atoms with van der Waals surface area (Å²) in [5.41, 5.74) is 1.32. The average molecular weight is 459 g/mol. The van der Waals surface area contributed by atoms with Crippen LogP contribution < -0.4 is 4.74 Å². The largest absolute Gasteiger partial charge is 0.474 e. The number of rotatable bonds is 7. The molecular weight excluding hydrogens is 424 g/mol. The first-order valence-electron chi connectivity index (χ1n) is 12.2. The molecule has 0 spiro atoms. The summed E-state index contributed by atoms with van der Waals surface area (Å²) in [6.45, 7) is 2.58. The molecule has 8 heteroatoms. The van der Waals surface area contributed by atoms with Crippen LogP contribution in [0.3, 0.4) is 0 Å². The molecule has 1 saturated carbocycles. The molecule has 3 heterocycles. The van der Waals surface area contributed by atoms with E-state index in [4.69, 9.17) is 4.74 Å². The van der Waals surface area contributed by atoms with Gasteiger partial charge in [-0.05, 0) is 76.3 Å². The van der Waals surface area contributed by atoms with Crippen molar-refractivity contribution < 1.29 is 14.6 Å². The molecule has 2 aromatic heterocycles. The van der Waals surface area contributed by atoms with Crippen LogP contribution in [0.2, 0.25) is 0 Å². The molecule has 0 bridgehead atoms. The molecule has 32 heavy (non-hydrogen) atoms. The van der Waals surface area contributed by atoms with Crippen molar-refractivity contribution in [1.29, 1.82) is 0 Å². The summed E-state index contributed by atoms with van der Waals surface area (Å²) in [7, 11) is 2.09. The number of hydrogen-bond acceptors (Lipinski definition) is 7. The standard InChI is InChI=1S/C24H34N4O3S/c1-27(14-20(30)28-11-2-3-12-28)17-5-7-18(8-6-17)31-23-22-21-16(10-13-29)4-9-19(21)32-24(22)26-15-25-23/h15-18,29H,2-14H2,1H3. The van der Waals surface area contributed by atoms with Crippen molar-refractivity contribution in [2.75, 3.05) is 33.3 Å². The van der Waals surface area contributed by atoms with Crippen molar-refractivity contribution in [3.63, 3.8) is 0 Å². The number of hydrogen-bond donors (Lipinski definition) is 1. The molecule has 1 aliphatic heterocycles. The van der Waals surface area contributed by atoms with Crippen LogP contribution in [0.4, 0.5) is 0 Å². The number of amides is 1. The Morgan fingerprint density at radius 3 is 2.75 bits per heavy atom. The van der Waals surface area contributed by atoms with Crippen LogP contribution in [0, 0.1) is 0 Å². The highest BCUT2D eigenvalue weighted by molar-refractivity contribution is 7.19. The smallest absolute Gasteiger partial charge is 0.236 e. The third kappa shape index (κ3) is 4.37. The number of fused-ring (bicyclic) bond motifs is 3. The number of aliphatic hydroxyl groups is 1. The van der Waals surface area contributed by atoms with Gasteiger partial charge in [-0.3, -0.25) is 9.69 Å². The number of thiophene rings is 1. The molecule has 3 aliphatic rings. The highest BCUT2D eigenvalue weighted by atomic mass is 32.1. The fourth-order valence-corrected chi connectivity index (χ4v) is 6.98. The van der Waals surface area contributed by atoms with E-state index in [0.717, 1.165) is 87.0 Å². The number of aliphatic hydroxyl groups excluding tert-OH is 1. The molecule has 1 amide bonds. The summed E-state index contributed by atoms with van der Waals surface area (Å²) in [6, 6.07) is 0.436. The van der Waals surface area contributed by atoms with Crippen LogP contribution in [0.15, 0.2) is 6.33 Å². The number of carbonyl (C=O) groups excluding carboxylic acids is 1. The molecule has 174 valence electrons. The van der Waals surface area contributed by atoms with E-state index in [1.54, 1.807) is 17.7 Å². The van der Waals surface area contributed by atoms with Crippen molar-refractivity contribution in [1.82, 2.24) is 19.8 Å². The first kappa shape index (κ1) is 22.0. The number of likely N-dealkylation sites (N-methyl/N-ethyl adjacent to an activating group) is 1. The lowest BCUT2D eigenvalue weighted by Crippen LogP contribution is -2.44. The molecule has 0 aromatic carbocycles. The fourth-order valence-electron chi connectivity index (χ4n) is 5.74. The maximum atomic E-state index is 12.5.